The van der Waals surface area contributed by atoms with Gasteiger partial charge in [0.2, 0.25) is 5.91 Å². The van der Waals surface area contributed by atoms with E-state index >= 15 is 0 Å². The van der Waals surface area contributed by atoms with Crippen LogP contribution in [0.3, 0.4) is 0 Å². The highest BCUT2D eigenvalue weighted by Gasteiger charge is 2.17. The topological polar surface area (TPSA) is 88.1 Å². The van der Waals surface area contributed by atoms with E-state index in [4.69, 9.17) is 19.4 Å². The molecule has 0 saturated carbocycles. The van der Waals surface area contributed by atoms with E-state index in [1.165, 1.54) is 0 Å². The molecule has 7 nitrogen and oxygen atoms in total. The van der Waals surface area contributed by atoms with Crippen LogP contribution in [0.25, 0.3) is 0 Å². The number of carbonyl (C=O) groups excluding carboxylic acids is 1. The zero-order valence-electron chi connectivity index (χ0n) is 11.8. The van der Waals surface area contributed by atoms with Gasteiger partial charge in [-0.25, -0.2) is 0 Å². The Morgan fingerprint density at radius 2 is 2.00 bits per heavy atom. The minimum absolute atomic E-state index is 0.156. The standard InChI is InChI=1S/C12H22N2O3.CH2O2/c15-12(13-9-11-2-6-17-10-11)1-3-14-4-7-16-8-5-14;2-1-3/h11H,1-10H2,(H,13,15);1H,(H,2,3). The first-order chi connectivity index (χ1) is 9.76. The van der Waals surface area contributed by atoms with Gasteiger partial charge in [-0.05, 0) is 6.42 Å². The van der Waals surface area contributed by atoms with Crippen molar-refractivity contribution in [2.45, 2.75) is 12.8 Å². The zero-order valence-corrected chi connectivity index (χ0v) is 11.8. The van der Waals surface area contributed by atoms with Crippen molar-refractivity contribution in [2.24, 2.45) is 5.92 Å². The van der Waals surface area contributed by atoms with Gasteiger partial charge in [-0.2, -0.15) is 0 Å². The van der Waals surface area contributed by atoms with Crippen LogP contribution in [0.5, 0.6) is 0 Å². The molecule has 2 aliphatic heterocycles. The minimum atomic E-state index is -0.250. The molecular weight excluding hydrogens is 264 g/mol. The summed E-state index contributed by atoms with van der Waals surface area (Å²) in [6.07, 6.45) is 1.66. The fourth-order valence-electron chi connectivity index (χ4n) is 2.18. The molecule has 0 aromatic carbocycles. The number of carboxylic acid groups (broad SMARTS) is 1. The lowest BCUT2D eigenvalue weighted by Gasteiger charge is -2.26. The van der Waals surface area contributed by atoms with Crippen molar-refractivity contribution in [3.05, 3.63) is 0 Å². The molecule has 0 aliphatic carbocycles. The van der Waals surface area contributed by atoms with Crippen molar-refractivity contribution >= 4 is 12.4 Å². The predicted octanol–water partition coefficient (Wildman–Crippen LogP) is -0.438. The SMILES string of the molecule is O=C(CCN1CCOCC1)NCC1CCOC1.O=CO. The maximum Gasteiger partial charge on any atom is 0.290 e. The fourth-order valence-corrected chi connectivity index (χ4v) is 2.18. The molecule has 2 aliphatic rings. The van der Waals surface area contributed by atoms with E-state index in [0.717, 1.165) is 59.0 Å². The van der Waals surface area contributed by atoms with Crippen molar-refractivity contribution in [2.75, 3.05) is 52.6 Å². The third-order valence-corrected chi connectivity index (χ3v) is 3.37. The molecule has 2 rings (SSSR count). The van der Waals surface area contributed by atoms with Crippen molar-refractivity contribution < 1.29 is 24.2 Å². The Morgan fingerprint density at radius 3 is 2.60 bits per heavy atom. The van der Waals surface area contributed by atoms with Gasteiger partial charge in [0.05, 0.1) is 19.8 Å². The summed E-state index contributed by atoms with van der Waals surface area (Å²) in [6.45, 7) is 6.48. The highest BCUT2D eigenvalue weighted by molar-refractivity contribution is 5.76. The summed E-state index contributed by atoms with van der Waals surface area (Å²) in [6, 6.07) is 0. The van der Waals surface area contributed by atoms with Crippen molar-refractivity contribution in [3.8, 4) is 0 Å². The van der Waals surface area contributed by atoms with E-state index in [9.17, 15) is 4.79 Å². The molecule has 0 aromatic heterocycles. The average Bonchev–Trinajstić information content (AvgIpc) is 2.98. The van der Waals surface area contributed by atoms with E-state index < -0.39 is 0 Å². The second-order valence-corrected chi connectivity index (χ2v) is 4.84. The number of hydrogen-bond donors (Lipinski definition) is 2. The summed E-state index contributed by atoms with van der Waals surface area (Å²) in [5, 5.41) is 9.88. The normalized spacial score (nSPS) is 22.7. The smallest absolute Gasteiger partial charge is 0.290 e. The molecule has 2 heterocycles. The summed E-state index contributed by atoms with van der Waals surface area (Å²) < 4.78 is 10.5. The second kappa shape index (κ2) is 10.6. The lowest BCUT2D eigenvalue weighted by molar-refractivity contribution is -0.123. The minimum Gasteiger partial charge on any atom is -0.483 e. The fraction of sp³-hybridized carbons (Fsp3) is 0.846. The maximum absolute atomic E-state index is 11.6. The van der Waals surface area contributed by atoms with E-state index in [1.54, 1.807) is 0 Å². The number of rotatable bonds is 5. The summed E-state index contributed by atoms with van der Waals surface area (Å²) >= 11 is 0. The van der Waals surface area contributed by atoms with Gasteiger partial charge in [0.25, 0.3) is 6.47 Å². The van der Waals surface area contributed by atoms with Gasteiger partial charge in [-0.15, -0.1) is 0 Å². The Balaban J connectivity index is 0.000000612. The Hall–Kier alpha value is -1.18. The number of amides is 1. The Kier molecular flexibility index (Phi) is 8.93. The molecule has 2 N–H and O–H groups in total. The Morgan fingerprint density at radius 1 is 1.30 bits per heavy atom. The highest BCUT2D eigenvalue weighted by atomic mass is 16.5. The molecule has 1 unspecified atom stereocenters. The first-order valence-electron chi connectivity index (χ1n) is 6.98. The van der Waals surface area contributed by atoms with Crippen LogP contribution in [0.15, 0.2) is 0 Å². The third kappa shape index (κ3) is 7.42. The largest absolute Gasteiger partial charge is 0.483 e. The summed E-state index contributed by atoms with van der Waals surface area (Å²) in [7, 11) is 0. The number of ether oxygens (including phenoxy) is 2. The van der Waals surface area contributed by atoms with Gasteiger partial charge in [0.1, 0.15) is 0 Å². The van der Waals surface area contributed by atoms with Crippen LogP contribution in [-0.2, 0) is 19.1 Å². The number of nitrogens with one attached hydrogen (secondary N) is 1. The zero-order chi connectivity index (χ0) is 14.6. The van der Waals surface area contributed by atoms with Gasteiger partial charge in [0, 0.05) is 45.1 Å². The molecule has 2 fully saturated rings. The second-order valence-electron chi connectivity index (χ2n) is 4.84. The van der Waals surface area contributed by atoms with Crippen molar-refractivity contribution in [1.29, 1.82) is 0 Å². The highest BCUT2D eigenvalue weighted by Crippen LogP contribution is 2.10. The molecule has 1 amide bonds. The van der Waals surface area contributed by atoms with E-state index in [2.05, 4.69) is 10.2 Å². The molecule has 2 saturated heterocycles. The number of carbonyl (C=O) groups is 2. The van der Waals surface area contributed by atoms with Crippen LogP contribution in [0.1, 0.15) is 12.8 Å². The van der Waals surface area contributed by atoms with Crippen LogP contribution in [0.4, 0.5) is 0 Å². The number of nitrogens with zero attached hydrogens (tertiary/aromatic N) is 1. The van der Waals surface area contributed by atoms with Crippen LogP contribution < -0.4 is 5.32 Å². The lowest BCUT2D eigenvalue weighted by Crippen LogP contribution is -2.39. The van der Waals surface area contributed by atoms with E-state index in [0.29, 0.717) is 12.3 Å². The number of morpholine rings is 1. The van der Waals surface area contributed by atoms with Gasteiger partial charge < -0.3 is 19.9 Å². The monoisotopic (exact) mass is 288 g/mol. The van der Waals surface area contributed by atoms with Crippen LogP contribution in [0, 0.1) is 5.92 Å². The number of hydrogen-bond acceptors (Lipinski definition) is 5. The Labute approximate surface area is 119 Å². The van der Waals surface area contributed by atoms with Crippen molar-refractivity contribution in [1.82, 2.24) is 10.2 Å². The summed E-state index contributed by atoms with van der Waals surface area (Å²) in [5.41, 5.74) is 0. The first-order valence-corrected chi connectivity index (χ1v) is 6.98. The predicted molar refractivity (Wildman–Crippen MR) is 72.5 cm³/mol. The summed E-state index contributed by atoms with van der Waals surface area (Å²) in [4.78, 5) is 22.3. The van der Waals surface area contributed by atoms with Crippen molar-refractivity contribution in [3.63, 3.8) is 0 Å². The average molecular weight is 288 g/mol. The quantitative estimate of drug-likeness (QED) is 0.667. The lowest BCUT2D eigenvalue weighted by atomic mass is 10.1. The van der Waals surface area contributed by atoms with Crippen LogP contribution in [-0.4, -0.2) is 75.0 Å². The molecular formula is C13H24N2O5. The van der Waals surface area contributed by atoms with Gasteiger partial charge in [0.15, 0.2) is 0 Å². The molecule has 0 radical (unpaired) electrons. The molecule has 1 atom stereocenters. The van der Waals surface area contributed by atoms with E-state index in [1.807, 2.05) is 0 Å². The maximum atomic E-state index is 11.6. The van der Waals surface area contributed by atoms with Crippen LogP contribution in [0.2, 0.25) is 0 Å². The van der Waals surface area contributed by atoms with Gasteiger partial charge >= 0.3 is 0 Å². The Bertz CT molecular complexity index is 276. The first kappa shape index (κ1) is 16.9. The molecule has 7 heteroatoms. The summed E-state index contributed by atoms with van der Waals surface area (Å²) in [5.74, 6) is 0.672. The van der Waals surface area contributed by atoms with E-state index in [-0.39, 0.29) is 12.4 Å². The van der Waals surface area contributed by atoms with Crippen LogP contribution >= 0.6 is 0 Å². The molecule has 116 valence electrons. The molecule has 0 spiro atoms. The van der Waals surface area contributed by atoms with Gasteiger partial charge in [-0.3, -0.25) is 14.5 Å². The molecule has 20 heavy (non-hydrogen) atoms. The third-order valence-electron chi connectivity index (χ3n) is 3.37. The molecule has 0 aromatic rings. The molecule has 0 bridgehead atoms. The van der Waals surface area contributed by atoms with Gasteiger partial charge in [-0.1, -0.05) is 0 Å².